The van der Waals surface area contributed by atoms with Crippen LogP contribution in [0.25, 0.3) is 5.69 Å². The summed E-state index contributed by atoms with van der Waals surface area (Å²) in [5.74, 6) is 0.590. The first kappa shape index (κ1) is 19.7. The standard InChI is InChI=1S/C22H19N5O2S/c1-29-19-14-12-18(13-15-19)27-22(24-25-26-27)30-20(16-8-4-2-5-9-16)21(28)23-17-10-6-3-7-11-17/h2-15,20H,1H3,(H,23,28). The zero-order valence-electron chi connectivity index (χ0n) is 16.2. The number of benzene rings is 3. The number of tetrazole rings is 1. The van der Waals surface area contributed by atoms with Gasteiger partial charge < -0.3 is 10.1 Å². The Labute approximate surface area is 178 Å². The van der Waals surface area contributed by atoms with Crippen molar-refractivity contribution in [3.8, 4) is 11.4 Å². The molecule has 7 nitrogen and oxygen atoms in total. The number of aromatic nitrogens is 4. The first-order chi connectivity index (χ1) is 14.7. The molecule has 1 unspecified atom stereocenters. The van der Waals surface area contributed by atoms with E-state index < -0.39 is 5.25 Å². The minimum atomic E-state index is -0.533. The van der Waals surface area contributed by atoms with E-state index in [0.717, 1.165) is 22.7 Å². The molecule has 0 spiro atoms. The number of nitrogens with zero attached hydrogens (tertiary/aromatic N) is 4. The third kappa shape index (κ3) is 4.49. The maximum Gasteiger partial charge on any atom is 0.242 e. The lowest BCUT2D eigenvalue weighted by Crippen LogP contribution is -2.19. The van der Waals surface area contributed by atoms with Gasteiger partial charge in [-0.2, -0.15) is 4.68 Å². The number of nitrogens with one attached hydrogen (secondary N) is 1. The van der Waals surface area contributed by atoms with Crippen LogP contribution in [0.1, 0.15) is 10.8 Å². The van der Waals surface area contributed by atoms with Gasteiger partial charge in [0.25, 0.3) is 0 Å². The Balaban J connectivity index is 1.63. The van der Waals surface area contributed by atoms with Crippen molar-refractivity contribution in [2.75, 3.05) is 12.4 Å². The summed E-state index contributed by atoms with van der Waals surface area (Å²) in [7, 11) is 1.61. The molecular formula is C22H19N5O2S. The molecule has 1 N–H and O–H groups in total. The molecule has 1 amide bonds. The fourth-order valence-electron chi connectivity index (χ4n) is 2.87. The van der Waals surface area contributed by atoms with Crippen LogP contribution in [-0.4, -0.2) is 33.2 Å². The van der Waals surface area contributed by atoms with Gasteiger partial charge in [-0.15, -0.1) is 5.10 Å². The summed E-state index contributed by atoms with van der Waals surface area (Å²) in [6, 6.07) is 26.3. The van der Waals surface area contributed by atoms with Gasteiger partial charge in [-0.25, -0.2) is 0 Å². The Morgan fingerprint density at radius 1 is 0.967 bits per heavy atom. The zero-order valence-corrected chi connectivity index (χ0v) is 17.0. The van der Waals surface area contributed by atoms with Gasteiger partial charge in [0.15, 0.2) is 0 Å². The molecule has 3 aromatic carbocycles. The van der Waals surface area contributed by atoms with Crippen molar-refractivity contribution in [2.45, 2.75) is 10.4 Å². The van der Waals surface area contributed by atoms with E-state index in [1.165, 1.54) is 11.8 Å². The van der Waals surface area contributed by atoms with Gasteiger partial charge in [-0.1, -0.05) is 60.3 Å². The highest BCUT2D eigenvalue weighted by molar-refractivity contribution is 8.00. The van der Waals surface area contributed by atoms with Crippen LogP contribution in [0.15, 0.2) is 90.1 Å². The van der Waals surface area contributed by atoms with E-state index in [1.54, 1.807) is 11.8 Å². The Kier molecular flexibility index (Phi) is 6.05. The Morgan fingerprint density at radius 3 is 2.30 bits per heavy atom. The highest BCUT2D eigenvalue weighted by Crippen LogP contribution is 2.35. The number of carbonyl (C=O) groups excluding carboxylic acids is 1. The molecule has 0 saturated heterocycles. The number of anilines is 1. The molecule has 0 fully saturated rings. The number of rotatable bonds is 7. The van der Waals surface area contributed by atoms with E-state index in [0.29, 0.717) is 5.16 Å². The van der Waals surface area contributed by atoms with E-state index >= 15 is 0 Å². The number of hydrogen-bond donors (Lipinski definition) is 1. The van der Waals surface area contributed by atoms with Crippen molar-refractivity contribution in [3.05, 3.63) is 90.5 Å². The maximum absolute atomic E-state index is 13.1. The highest BCUT2D eigenvalue weighted by atomic mass is 32.2. The molecule has 0 radical (unpaired) electrons. The molecule has 30 heavy (non-hydrogen) atoms. The van der Waals surface area contributed by atoms with Crippen molar-refractivity contribution in [1.82, 2.24) is 20.2 Å². The number of methoxy groups -OCH3 is 1. The quantitative estimate of drug-likeness (QED) is 0.455. The highest BCUT2D eigenvalue weighted by Gasteiger charge is 2.25. The molecule has 1 atom stereocenters. The zero-order chi connectivity index (χ0) is 20.8. The predicted molar refractivity (Wildman–Crippen MR) is 116 cm³/mol. The summed E-state index contributed by atoms with van der Waals surface area (Å²) in [6.45, 7) is 0. The van der Waals surface area contributed by atoms with Gasteiger partial charge in [-0.05, 0) is 52.4 Å². The molecule has 0 aliphatic rings. The van der Waals surface area contributed by atoms with Crippen molar-refractivity contribution in [2.24, 2.45) is 0 Å². The molecule has 8 heteroatoms. The van der Waals surface area contributed by atoms with Crippen LogP contribution in [0.2, 0.25) is 0 Å². The first-order valence-electron chi connectivity index (χ1n) is 9.25. The largest absolute Gasteiger partial charge is 0.497 e. The SMILES string of the molecule is COc1ccc(-n2nnnc2SC(C(=O)Nc2ccccc2)c2ccccc2)cc1. The topological polar surface area (TPSA) is 81.9 Å². The summed E-state index contributed by atoms with van der Waals surface area (Å²) >= 11 is 1.29. The average molecular weight is 417 g/mol. The van der Waals surface area contributed by atoms with Crippen molar-refractivity contribution in [3.63, 3.8) is 0 Å². The van der Waals surface area contributed by atoms with E-state index in [2.05, 4.69) is 20.8 Å². The van der Waals surface area contributed by atoms with E-state index in [9.17, 15) is 4.79 Å². The Morgan fingerprint density at radius 2 is 1.63 bits per heavy atom. The van der Waals surface area contributed by atoms with Gasteiger partial charge in [0.05, 0.1) is 12.8 Å². The monoisotopic (exact) mass is 417 g/mol. The second-order valence-corrected chi connectivity index (χ2v) is 7.41. The Hall–Kier alpha value is -3.65. The molecule has 1 aromatic heterocycles. The molecule has 0 saturated carbocycles. The number of carbonyl (C=O) groups is 1. The lowest BCUT2D eigenvalue weighted by atomic mass is 10.1. The van der Waals surface area contributed by atoms with Crippen LogP contribution < -0.4 is 10.1 Å². The summed E-state index contributed by atoms with van der Waals surface area (Å²) < 4.78 is 6.82. The second-order valence-electron chi connectivity index (χ2n) is 6.34. The number of thioether (sulfide) groups is 1. The predicted octanol–water partition coefficient (Wildman–Crippen LogP) is 4.14. The number of ether oxygens (including phenoxy) is 1. The molecule has 4 aromatic rings. The lowest BCUT2D eigenvalue weighted by molar-refractivity contribution is -0.115. The van der Waals surface area contributed by atoms with Gasteiger partial charge in [-0.3, -0.25) is 4.79 Å². The fourth-order valence-corrected chi connectivity index (χ4v) is 3.87. The fraction of sp³-hybridized carbons (Fsp3) is 0.0909. The maximum atomic E-state index is 13.1. The van der Waals surface area contributed by atoms with Crippen LogP contribution in [-0.2, 0) is 4.79 Å². The minimum Gasteiger partial charge on any atom is -0.497 e. The third-order valence-electron chi connectivity index (χ3n) is 4.36. The van der Waals surface area contributed by atoms with E-state index in [1.807, 2.05) is 84.9 Å². The number of amides is 1. The summed E-state index contributed by atoms with van der Waals surface area (Å²) in [5, 5.41) is 15.0. The van der Waals surface area contributed by atoms with Gasteiger partial charge in [0, 0.05) is 5.69 Å². The number of para-hydroxylation sites is 1. The van der Waals surface area contributed by atoms with Crippen LogP contribution >= 0.6 is 11.8 Å². The van der Waals surface area contributed by atoms with E-state index in [-0.39, 0.29) is 5.91 Å². The van der Waals surface area contributed by atoms with Crippen LogP contribution in [0.5, 0.6) is 5.75 Å². The molecule has 0 bridgehead atoms. The molecule has 0 aliphatic heterocycles. The van der Waals surface area contributed by atoms with Crippen LogP contribution in [0, 0.1) is 0 Å². The van der Waals surface area contributed by atoms with Crippen molar-refractivity contribution < 1.29 is 9.53 Å². The summed E-state index contributed by atoms with van der Waals surface area (Å²) in [4.78, 5) is 13.1. The minimum absolute atomic E-state index is 0.151. The molecule has 1 heterocycles. The van der Waals surface area contributed by atoms with Gasteiger partial charge >= 0.3 is 0 Å². The third-order valence-corrected chi connectivity index (χ3v) is 5.55. The average Bonchev–Trinajstić information content (AvgIpc) is 3.27. The van der Waals surface area contributed by atoms with Gasteiger partial charge in [0.2, 0.25) is 11.1 Å². The van der Waals surface area contributed by atoms with Crippen LogP contribution in [0.4, 0.5) is 5.69 Å². The normalized spacial score (nSPS) is 11.6. The number of hydrogen-bond acceptors (Lipinski definition) is 6. The van der Waals surface area contributed by atoms with E-state index in [4.69, 9.17) is 4.74 Å². The molecule has 4 rings (SSSR count). The lowest BCUT2D eigenvalue weighted by Gasteiger charge is -2.16. The molecule has 0 aliphatic carbocycles. The summed E-state index contributed by atoms with van der Waals surface area (Å²) in [6.07, 6.45) is 0. The smallest absolute Gasteiger partial charge is 0.242 e. The molecule has 150 valence electrons. The van der Waals surface area contributed by atoms with Gasteiger partial charge in [0.1, 0.15) is 11.0 Å². The second kappa shape index (κ2) is 9.23. The first-order valence-corrected chi connectivity index (χ1v) is 10.1. The van der Waals surface area contributed by atoms with Crippen LogP contribution in [0.3, 0.4) is 0 Å². The van der Waals surface area contributed by atoms with Crippen molar-refractivity contribution >= 4 is 23.4 Å². The summed E-state index contributed by atoms with van der Waals surface area (Å²) in [5.41, 5.74) is 2.37. The molecular weight excluding hydrogens is 398 g/mol. The Bertz CT molecular complexity index is 1100. The van der Waals surface area contributed by atoms with Crippen molar-refractivity contribution in [1.29, 1.82) is 0 Å².